The van der Waals surface area contributed by atoms with Gasteiger partial charge >= 0.3 is 39.5 Å². The quantitative estimate of drug-likeness (QED) is 0.0169. The maximum Gasteiger partial charge on any atom is 0.472 e. The number of rotatable bonds is 80. The highest BCUT2D eigenvalue weighted by Crippen LogP contribution is 2.45. The molecule has 0 aliphatic heterocycles. The molecule has 0 aromatic heterocycles. The summed E-state index contributed by atoms with van der Waals surface area (Å²) in [5.74, 6) is -2.15. The van der Waals surface area contributed by atoms with Gasteiger partial charge in [0.1, 0.15) is 19.3 Å². The average Bonchev–Trinajstić information content (AvgIpc) is 0.923. The fourth-order valence-electron chi connectivity index (χ4n) is 11.9. The molecule has 5 unspecified atom stereocenters. The average molecular weight is 1490 g/mol. The second-order valence-corrected chi connectivity index (χ2v) is 31.3. The number of ether oxygens (including phenoxy) is 4. The van der Waals surface area contributed by atoms with Crippen LogP contribution in [0.5, 0.6) is 0 Å². The van der Waals surface area contributed by atoms with Gasteiger partial charge in [0.25, 0.3) is 0 Å². The molecule has 3 N–H and O–H groups in total. The van der Waals surface area contributed by atoms with E-state index in [2.05, 4.69) is 76.3 Å². The van der Waals surface area contributed by atoms with E-state index >= 15 is 0 Å². The minimum atomic E-state index is -4.97. The first-order valence-corrected chi connectivity index (χ1v) is 44.9. The number of esters is 4. The topological polar surface area (TPSA) is 237 Å². The predicted octanol–water partition coefficient (Wildman–Crippen LogP) is 24.5. The number of aliphatic hydroxyl groups is 1. The van der Waals surface area contributed by atoms with E-state index in [1.807, 2.05) is 0 Å². The highest BCUT2D eigenvalue weighted by molar-refractivity contribution is 7.47. The second-order valence-electron chi connectivity index (χ2n) is 28.4. The molecule has 0 fully saturated rings. The van der Waals surface area contributed by atoms with E-state index in [-0.39, 0.29) is 25.7 Å². The summed E-state index contributed by atoms with van der Waals surface area (Å²) in [7, 11) is -9.94. The van der Waals surface area contributed by atoms with Crippen molar-refractivity contribution in [1.29, 1.82) is 0 Å². The lowest BCUT2D eigenvalue weighted by Crippen LogP contribution is -2.30. The van der Waals surface area contributed by atoms with Crippen molar-refractivity contribution in [3.05, 3.63) is 48.6 Å². The molecular weight excluding hydrogens is 1330 g/mol. The van der Waals surface area contributed by atoms with Gasteiger partial charge in [-0.15, -0.1) is 0 Å². The van der Waals surface area contributed by atoms with Crippen molar-refractivity contribution in [2.75, 3.05) is 39.6 Å². The van der Waals surface area contributed by atoms with Crippen molar-refractivity contribution in [3.63, 3.8) is 0 Å². The zero-order valence-corrected chi connectivity index (χ0v) is 67.3. The zero-order chi connectivity index (χ0) is 74.6. The van der Waals surface area contributed by atoms with E-state index in [0.29, 0.717) is 25.7 Å². The Labute approximate surface area is 623 Å². The molecule has 0 rings (SSSR count). The summed E-state index contributed by atoms with van der Waals surface area (Å²) in [6, 6.07) is 0. The molecule has 0 heterocycles. The molecule has 0 aromatic rings. The molecule has 0 saturated heterocycles. The van der Waals surface area contributed by atoms with E-state index < -0.39 is 97.5 Å². The van der Waals surface area contributed by atoms with Crippen molar-refractivity contribution >= 4 is 39.5 Å². The molecule has 0 radical (unpaired) electrons. The maximum absolute atomic E-state index is 13.1. The summed E-state index contributed by atoms with van der Waals surface area (Å²) in [5, 5.41) is 10.7. The summed E-state index contributed by atoms with van der Waals surface area (Å²) >= 11 is 0. The van der Waals surface area contributed by atoms with Crippen molar-refractivity contribution in [1.82, 2.24) is 0 Å². The number of hydrogen-bond acceptors (Lipinski definition) is 15. The van der Waals surface area contributed by atoms with Crippen molar-refractivity contribution < 1.29 is 80.2 Å². The van der Waals surface area contributed by atoms with Crippen molar-refractivity contribution in [3.8, 4) is 0 Å². The monoisotopic (exact) mass is 1490 g/mol. The molecule has 0 spiro atoms. The molecule has 598 valence electrons. The van der Waals surface area contributed by atoms with Crippen LogP contribution in [0.4, 0.5) is 0 Å². The number of hydrogen-bond donors (Lipinski definition) is 3. The Bertz CT molecular complexity index is 2120. The van der Waals surface area contributed by atoms with Crippen LogP contribution < -0.4 is 0 Å². The molecule has 0 bridgehead atoms. The van der Waals surface area contributed by atoms with Gasteiger partial charge in [-0.3, -0.25) is 37.3 Å². The number of carbonyl (C=O) groups excluding carboxylic acids is 4. The summed E-state index contributed by atoms with van der Waals surface area (Å²) in [6.07, 6.45) is 75.0. The summed E-state index contributed by atoms with van der Waals surface area (Å²) < 4.78 is 68.8. The van der Waals surface area contributed by atoms with Gasteiger partial charge in [0.15, 0.2) is 12.2 Å². The van der Waals surface area contributed by atoms with E-state index in [9.17, 15) is 43.2 Å². The Hall–Kier alpha value is -2.98. The number of aliphatic hydroxyl groups excluding tert-OH is 1. The molecule has 0 aromatic carbocycles. The molecule has 19 heteroatoms. The fraction of sp³-hybridized carbons (Fsp3) is 0.855. The van der Waals surface area contributed by atoms with Crippen molar-refractivity contribution in [2.45, 2.75) is 418 Å². The van der Waals surface area contributed by atoms with Gasteiger partial charge in [-0.1, -0.05) is 340 Å². The van der Waals surface area contributed by atoms with Gasteiger partial charge in [-0.2, -0.15) is 0 Å². The van der Waals surface area contributed by atoms with E-state index in [1.54, 1.807) is 0 Å². The van der Waals surface area contributed by atoms with Gasteiger partial charge in [-0.25, -0.2) is 9.13 Å². The summed E-state index contributed by atoms with van der Waals surface area (Å²) in [5.41, 5.74) is 0. The van der Waals surface area contributed by atoms with Crippen LogP contribution in [0.25, 0.3) is 0 Å². The number of carbonyl (C=O) groups is 4. The molecule has 0 aliphatic carbocycles. The predicted molar refractivity (Wildman–Crippen MR) is 418 cm³/mol. The Morgan fingerprint density at radius 2 is 0.510 bits per heavy atom. The van der Waals surface area contributed by atoms with Crippen LogP contribution in [0.2, 0.25) is 0 Å². The fourth-order valence-corrected chi connectivity index (χ4v) is 13.5. The lowest BCUT2D eigenvalue weighted by atomic mass is 10.0. The Morgan fingerprint density at radius 3 is 0.794 bits per heavy atom. The van der Waals surface area contributed by atoms with E-state index in [1.165, 1.54) is 167 Å². The van der Waals surface area contributed by atoms with Crippen LogP contribution in [0.1, 0.15) is 400 Å². The Kier molecular flexibility index (Phi) is 74.0. The van der Waals surface area contributed by atoms with Crippen LogP contribution >= 0.6 is 15.6 Å². The highest BCUT2D eigenvalue weighted by Gasteiger charge is 2.30. The van der Waals surface area contributed by atoms with Crippen LogP contribution in [0.15, 0.2) is 48.6 Å². The minimum Gasteiger partial charge on any atom is -0.462 e. The molecule has 17 nitrogen and oxygen atoms in total. The maximum atomic E-state index is 13.1. The molecule has 0 saturated carbocycles. The van der Waals surface area contributed by atoms with Crippen LogP contribution in [0.3, 0.4) is 0 Å². The van der Waals surface area contributed by atoms with Gasteiger partial charge in [0, 0.05) is 25.7 Å². The molecular formula is C83H154O17P2. The molecule has 0 amide bonds. The van der Waals surface area contributed by atoms with Crippen LogP contribution in [-0.4, -0.2) is 96.7 Å². The number of phosphoric acid groups is 2. The third-order valence-corrected chi connectivity index (χ3v) is 20.2. The zero-order valence-electron chi connectivity index (χ0n) is 65.6. The first-order chi connectivity index (χ1) is 49.7. The van der Waals surface area contributed by atoms with Gasteiger partial charge in [0.05, 0.1) is 26.4 Å². The SMILES string of the molecule is CC/C=C\C/C=C\C/C=C\CCCCCCCCCC(=O)OCC(COP(=O)(O)OCC(O)COP(=O)(O)OCC(COC(=O)CCCCCCC/C=C\CCCCCCCC)OC(=O)CCCCCCCCCCCCCCCCC)OC(=O)CCCCCCCCCCCCCCCCC. The normalized spacial score (nSPS) is 14.1. The Morgan fingerprint density at radius 1 is 0.284 bits per heavy atom. The minimum absolute atomic E-state index is 0.101. The third kappa shape index (κ3) is 75.3. The van der Waals surface area contributed by atoms with E-state index in [4.69, 9.17) is 37.0 Å². The smallest absolute Gasteiger partial charge is 0.462 e. The molecule has 102 heavy (non-hydrogen) atoms. The molecule has 5 atom stereocenters. The molecule has 0 aliphatic rings. The largest absolute Gasteiger partial charge is 0.472 e. The lowest BCUT2D eigenvalue weighted by Gasteiger charge is -2.21. The van der Waals surface area contributed by atoms with Crippen molar-refractivity contribution in [2.24, 2.45) is 0 Å². The summed E-state index contributed by atoms with van der Waals surface area (Å²) in [6.45, 7) is 4.86. The lowest BCUT2D eigenvalue weighted by molar-refractivity contribution is -0.161. The van der Waals surface area contributed by atoms with Crippen LogP contribution in [-0.2, 0) is 65.4 Å². The summed E-state index contributed by atoms with van der Waals surface area (Å²) in [4.78, 5) is 73.1. The first-order valence-electron chi connectivity index (χ1n) is 41.9. The Balaban J connectivity index is 5.32. The second kappa shape index (κ2) is 76.2. The number of allylic oxidation sites excluding steroid dienone is 8. The number of phosphoric ester groups is 2. The number of unbranched alkanes of at least 4 members (excludes halogenated alkanes) is 46. The van der Waals surface area contributed by atoms with E-state index in [0.717, 1.165) is 154 Å². The van der Waals surface area contributed by atoms with Gasteiger partial charge < -0.3 is 33.8 Å². The van der Waals surface area contributed by atoms with Gasteiger partial charge in [0.2, 0.25) is 0 Å². The highest BCUT2D eigenvalue weighted by atomic mass is 31.2. The standard InChI is InChI=1S/C83H154O17P2/c1-5-9-13-17-21-25-29-33-37-38-42-44-48-52-56-60-64-68-81(86)94-74-79(100-83(88)70-66-62-58-54-50-46-41-36-32-28-24-20-16-12-8-4)76-98-102(91,92)96-72-77(84)71-95-101(89,90)97-75-78(99-82(87)69-65-61-57-53-49-45-40-35-31-27-23-19-15-11-7-3)73-93-80(85)67-63-59-55-51-47-43-39-34-30-26-22-18-14-10-6-2/h9,13,21,25,33-34,37,39,77-79,84H,5-8,10-12,14-20,22-24,26-32,35-36,38,40-76H2,1-4H3,(H,89,90)(H,91,92)/b13-9-,25-21-,37-33-,39-34-. The third-order valence-electron chi connectivity index (χ3n) is 18.3. The van der Waals surface area contributed by atoms with Crippen LogP contribution in [0, 0.1) is 0 Å². The van der Waals surface area contributed by atoms with Gasteiger partial charge in [-0.05, 0) is 83.5 Å². The first kappa shape index (κ1) is 99.0.